The molecule has 0 spiro atoms. The molecule has 2 nitrogen and oxygen atoms in total. The van der Waals surface area contributed by atoms with Crippen LogP contribution < -0.4 is 4.90 Å². The molecule has 0 atom stereocenters. The van der Waals surface area contributed by atoms with Crippen molar-refractivity contribution in [3.05, 3.63) is 230 Å². The lowest BCUT2D eigenvalue weighted by Gasteiger charge is -2.26. The lowest BCUT2D eigenvalue weighted by Crippen LogP contribution is -2.10. The van der Waals surface area contributed by atoms with E-state index in [4.69, 9.17) is 1.37 Å². The zero-order chi connectivity index (χ0) is 38.1. The number of aromatic nitrogens is 1. The standard InChI is InChI=1S/C54H38N2/c1-4-14-39(15-5-1)41-26-28-42(29-27-41)44-32-36-48(37-33-44)55(47-34-30-43(31-35-47)40-16-6-2-7-17-40)49-21-12-18-45(38-49)50-23-13-25-53-54(50)51-22-10-11-24-52(51)56(53)46-19-8-3-9-20-46/h1-38H/i1D. The Morgan fingerprint density at radius 2 is 0.804 bits per heavy atom. The van der Waals surface area contributed by atoms with Gasteiger partial charge in [0.1, 0.15) is 0 Å². The molecule has 0 N–H and O–H groups in total. The highest BCUT2D eigenvalue weighted by Gasteiger charge is 2.18. The molecule has 0 aliphatic heterocycles. The Morgan fingerprint density at radius 3 is 1.43 bits per heavy atom. The minimum Gasteiger partial charge on any atom is -0.310 e. The molecule has 0 aliphatic carbocycles. The fraction of sp³-hybridized carbons (Fsp3) is 0. The van der Waals surface area contributed by atoms with Crippen LogP contribution in [0, 0.1) is 0 Å². The van der Waals surface area contributed by atoms with Gasteiger partial charge in [-0.1, -0.05) is 170 Å². The van der Waals surface area contributed by atoms with Gasteiger partial charge in [-0.2, -0.15) is 0 Å². The Bertz CT molecular complexity index is 2970. The highest BCUT2D eigenvalue weighted by atomic mass is 15.1. The molecule has 0 saturated carbocycles. The highest BCUT2D eigenvalue weighted by Crippen LogP contribution is 2.42. The van der Waals surface area contributed by atoms with Crippen molar-refractivity contribution in [3.63, 3.8) is 0 Å². The summed E-state index contributed by atoms with van der Waals surface area (Å²) in [5, 5.41) is 2.48. The summed E-state index contributed by atoms with van der Waals surface area (Å²) in [5.41, 5.74) is 16.1. The maximum atomic E-state index is 7.83. The molecule has 9 aromatic carbocycles. The summed E-state index contributed by atoms with van der Waals surface area (Å²) in [7, 11) is 0. The van der Waals surface area contributed by atoms with Crippen molar-refractivity contribution in [3.8, 4) is 50.2 Å². The second-order valence-corrected chi connectivity index (χ2v) is 14.1. The number of para-hydroxylation sites is 2. The van der Waals surface area contributed by atoms with Crippen LogP contribution in [0.15, 0.2) is 230 Å². The van der Waals surface area contributed by atoms with Gasteiger partial charge in [-0.25, -0.2) is 0 Å². The van der Waals surface area contributed by atoms with Crippen molar-refractivity contribution in [1.82, 2.24) is 4.57 Å². The Morgan fingerprint density at radius 1 is 0.339 bits per heavy atom. The summed E-state index contributed by atoms with van der Waals surface area (Å²) in [4.78, 5) is 2.36. The fourth-order valence-electron chi connectivity index (χ4n) is 8.05. The van der Waals surface area contributed by atoms with E-state index >= 15 is 0 Å². The number of rotatable bonds is 8. The summed E-state index contributed by atoms with van der Waals surface area (Å²) in [6.07, 6.45) is 0. The summed E-state index contributed by atoms with van der Waals surface area (Å²) in [6, 6.07) is 80.2. The number of nitrogens with zero attached hydrogens (tertiary/aromatic N) is 2. The molecular formula is C54H38N2. The number of anilines is 3. The van der Waals surface area contributed by atoms with Crippen molar-refractivity contribution < 1.29 is 1.37 Å². The third-order valence-corrected chi connectivity index (χ3v) is 10.8. The van der Waals surface area contributed by atoms with Gasteiger partial charge in [0.2, 0.25) is 0 Å². The van der Waals surface area contributed by atoms with Crippen molar-refractivity contribution in [2.24, 2.45) is 0 Å². The van der Waals surface area contributed by atoms with E-state index in [0.29, 0.717) is 6.04 Å². The first kappa shape index (κ1) is 32.0. The van der Waals surface area contributed by atoms with Gasteiger partial charge in [-0.15, -0.1) is 0 Å². The molecular weight excluding hydrogens is 677 g/mol. The minimum atomic E-state index is 0.521. The van der Waals surface area contributed by atoms with Gasteiger partial charge in [0.15, 0.2) is 0 Å². The summed E-state index contributed by atoms with van der Waals surface area (Å²) < 4.78 is 10.2. The van der Waals surface area contributed by atoms with E-state index in [1.165, 1.54) is 38.5 Å². The van der Waals surface area contributed by atoms with E-state index in [1.807, 2.05) is 24.3 Å². The van der Waals surface area contributed by atoms with Gasteiger partial charge < -0.3 is 9.47 Å². The molecule has 2 heteroatoms. The monoisotopic (exact) mass is 715 g/mol. The van der Waals surface area contributed by atoms with Crippen molar-refractivity contribution in [1.29, 1.82) is 0 Å². The second-order valence-electron chi connectivity index (χ2n) is 14.1. The summed E-state index contributed by atoms with van der Waals surface area (Å²) >= 11 is 0. The molecule has 0 radical (unpaired) electrons. The first-order valence-corrected chi connectivity index (χ1v) is 19.1. The largest absolute Gasteiger partial charge is 0.310 e. The molecule has 56 heavy (non-hydrogen) atoms. The average molecular weight is 716 g/mol. The molecule has 10 rings (SSSR count). The van der Waals surface area contributed by atoms with Gasteiger partial charge in [-0.05, 0) is 105 Å². The Labute approximate surface area is 329 Å². The lowest BCUT2D eigenvalue weighted by molar-refractivity contribution is 1.18. The van der Waals surface area contributed by atoms with Crippen LogP contribution in [-0.4, -0.2) is 4.57 Å². The molecule has 1 aromatic heterocycles. The molecule has 0 unspecified atom stereocenters. The number of hydrogen-bond donors (Lipinski definition) is 0. The smallest absolute Gasteiger partial charge is 0.0623 e. The molecule has 0 fully saturated rings. The van der Waals surface area contributed by atoms with E-state index in [2.05, 4.69) is 210 Å². The molecule has 264 valence electrons. The third-order valence-electron chi connectivity index (χ3n) is 10.8. The average Bonchev–Trinajstić information content (AvgIpc) is 3.63. The SMILES string of the molecule is [2H]c1ccc(-c2ccc(-c3ccc(N(c4ccc(-c5ccccc5)cc4)c4cccc(-c5cccc6c5c5ccccc5n6-c5ccccc5)c4)cc3)cc2)cc1. The van der Waals surface area contributed by atoms with Gasteiger partial charge in [-0.3, -0.25) is 0 Å². The quantitative estimate of drug-likeness (QED) is 0.152. The zero-order valence-corrected chi connectivity index (χ0v) is 30.8. The maximum absolute atomic E-state index is 7.83. The Kier molecular flexibility index (Phi) is 8.26. The van der Waals surface area contributed by atoms with E-state index in [1.54, 1.807) is 0 Å². The third kappa shape index (κ3) is 6.14. The van der Waals surface area contributed by atoms with Crippen LogP contribution in [0.5, 0.6) is 0 Å². The van der Waals surface area contributed by atoms with Crippen molar-refractivity contribution >= 4 is 38.9 Å². The van der Waals surface area contributed by atoms with Gasteiger partial charge in [0, 0.05) is 33.5 Å². The van der Waals surface area contributed by atoms with E-state index in [9.17, 15) is 0 Å². The van der Waals surface area contributed by atoms with Gasteiger partial charge in [0.25, 0.3) is 0 Å². The molecule has 10 aromatic rings. The van der Waals surface area contributed by atoms with Crippen LogP contribution in [0.1, 0.15) is 1.37 Å². The Balaban J connectivity index is 1.07. The first-order valence-electron chi connectivity index (χ1n) is 19.6. The number of hydrogen-bond acceptors (Lipinski definition) is 1. The first-order chi connectivity index (χ1) is 28.2. The fourth-order valence-corrected chi connectivity index (χ4v) is 8.05. The summed E-state index contributed by atoms with van der Waals surface area (Å²) in [6.45, 7) is 0. The zero-order valence-electron chi connectivity index (χ0n) is 31.8. The van der Waals surface area contributed by atoms with Crippen LogP contribution in [0.3, 0.4) is 0 Å². The minimum absolute atomic E-state index is 0.521. The van der Waals surface area contributed by atoms with Gasteiger partial charge >= 0.3 is 0 Å². The lowest BCUT2D eigenvalue weighted by atomic mass is 9.98. The molecule has 1 heterocycles. The Hall–Kier alpha value is -7.42. The maximum Gasteiger partial charge on any atom is 0.0623 e. The van der Waals surface area contributed by atoms with Crippen LogP contribution in [-0.2, 0) is 0 Å². The van der Waals surface area contributed by atoms with E-state index in [-0.39, 0.29) is 0 Å². The van der Waals surface area contributed by atoms with Crippen LogP contribution >= 0.6 is 0 Å². The van der Waals surface area contributed by atoms with Crippen LogP contribution in [0.4, 0.5) is 17.1 Å². The van der Waals surface area contributed by atoms with Crippen molar-refractivity contribution in [2.45, 2.75) is 0 Å². The molecule has 0 aliphatic rings. The predicted molar refractivity (Wildman–Crippen MR) is 237 cm³/mol. The second kappa shape index (κ2) is 14.4. The predicted octanol–water partition coefficient (Wildman–Crippen LogP) is 14.9. The van der Waals surface area contributed by atoms with Gasteiger partial charge in [0.05, 0.1) is 12.4 Å². The molecule has 0 bridgehead atoms. The van der Waals surface area contributed by atoms with Crippen LogP contribution in [0.2, 0.25) is 0 Å². The molecule has 0 amide bonds. The molecule has 0 saturated heterocycles. The summed E-state index contributed by atoms with van der Waals surface area (Å²) in [5.74, 6) is 0. The van der Waals surface area contributed by atoms with Crippen molar-refractivity contribution in [2.75, 3.05) is 4.90 Å². The topological polar surface area (TPSA) is 8.17 Å². The van der Waals surface area contributed by atoms with Crippen LogP contribution in [0.25, 0.3) is 72.0 Å². The van der Waals surface area contributed by atoms with E-state index in [0.717, 1.165) is 50.6 Å². The highest BCUT2D eigenvalue weighted by molar-refractivity contribution is 6.16. The van der Waals surface area contributed by atoms with E-state index < -0.39 is 0 Å². The number of benzene rings is 9. The normalized spacial score (nSPS) is 11.5. The number of fused-ring (bicyclic) bond motifs is 3.